The summed E-state index contributed by atoms with van der Waals surface area (Å²) in [5.74, 6) is 0. The van der Waals surface area contributed by atoms with E-state index in [-0.39, 0.29) is 17.0 Å². The fourth-order valence-electron chi connectivity index (χ4n) is 0.503. The average Bonchev–Trinajstić information content (AvgIpc) is 1.81. The lowest BCUT2D eigenvalue weighted by atomic mass is 10.2. The smallest absolute Gasteiger partial charge is 0.0212 e. The van der Waals surface area contributed by atoms with Crippen molar-refractivity contribution in [2.75, 3.05) is 5.33 Å². The number of rotatable bonds is 4. The minimum atomic E-state index is 0. The quantitative estimate of drug-likeness (QED) is 0.381. The van der Waals surface area contributed by atoms with E-state index >= 15 is 0 Å². The van der Waals surface area contributed by atoms with Crippen LogP contribution in [0.3, 0.4) is 0 Å². The van der Waals surface area contributed by atoms with Gasteiger partial charge in [0.05, 0.1) is 0 Å². The minimum absolute atomic E-state index is 0. The fourth-order valence-corrected chi connectivity index (χ4v) is 0.767. The maximum Gasteiger partial charge on any atom is 0.0212 e. The van der Waals surface area contributed by atoms with Crippen molar-refractivity contribution >= 4 is 15.9 Å². The Morgan fingerprint density at radius 1 is 1.33 bits per heavy atom. The molecule has 0 radical (unpaired) electrons. The number of hydrogen-bond donors (Lipinski definition) is 0. The Hall–Kier alpha value is 0.700. The number of hydrogen-bond acceptors (Lipinski definition) is 0. The van der Waals surface area contributed by atoms with Crippen LogP contribution in [0.1, 0.15) is 26.2 Å². The molecule has 0 aromatic heterocycles. The van der Waals surface area contributed by atoms with Crippen molar-refractivity contribution in [3.8, 4) is 0 Å². The monoisotopic (exact) mass is 255 g/mol. The topological polar surface area (TPSA) is 0 Å². The van der Waals surface area contributed by atoms with E-state index in [1.165, 1.54) is 19.3 Å². The molecule has 0 aromatic carbocycles. The SMILES string of the molecule is CCCC/C=C/CBr.[Br-]. The molecular formula is C7H13Br2-. The van der Waals surface area contributed by atoms with Gasteiger partial charge in [-0.2, -0.15) is 0 Å². The Balaban J connectivity index is 0. The summed E-state index contributed by atoms with van der Waals surface area (Å²) in [5.41, 5.74) is 0. The van der Waals surface area contributed by atoms with Crippen LogP contribution < -0.4 is 17.0 Å². The van der Waals surface area contributed by atoms with Crippen molar-refractivity contribution < 1.29 is 17.0 Å². The van der Waals surface area contributed by atoms with Gasteiger partial charge in [-0.3, -0.25) is 0 Å². The Morgan fingerprint density at radius 3 is 2.44 bits per heavy atom. The maximum atomic E-state index is 3.31. The van der Waals surface area contributed by atoms with Gasteiger partial charge in [-0.15, -0.1) is 0 Å². The molecule has 0 rings (SSSR count). The van der Waals surface area contributed by atoms with Crippen molar-refractivity contribution in [2.45, 2.75) is 26.2 Å². The second kappa shape index (κ2) is 11.5. The first-order valence-electron chi connectivity index (χ1n) is 3.12. The molecule has 0 amide bonds. The van der Waals surface area contributed by atoms with Crippen LogP contribution in [0.25, 0.3) is 0 Å². The molecular weight excluding hydrogens is 244 g/mol. The highest BCUT2D eigenvalue weighted by molar-refractivity contribution is 9.09. The van der Waals surface area contributed by atoms with Crippen molar-refractivity contribution in [1.29, 1.82) is 0 Å². The summed E-state index contributed by atoms with van der Waals surface area (Å²) in [5, 5.41) is 0.997. The molecule has 56 valence electrons. The third-order valence-electron chi connectivity index (χ3n) is 0.980. The molecule has 9 heavy (non-hydrogen) atoms. The van der Waals surface area contributed by atoms with E-state index < -0.39 is 0 Å². The lowest BCUT2D eigenvalue weighted by Crippen LogP contribution is -3.00. The molecule has 0 bridgehead atoms. The van der Waals surface area contributed by atoms with Gasteiger partial charge in [-0.25, -0.2) is 0 Å². The van der Waals surface area contributed by atoms with E-state index in [9.17, 15) is 0 Å². The van der Waals surface area contributed by atoms with Crippen LogP contribution in [-0.4, -0.2) is 5.33 Å². The Bertz CT molecular complexity index is 59.9. The van der Waals surface area contributed by atoms with Crippen LogP contribution in [0.5, 0.6) is 0 Å². The van der Waals surface area contributed by atoms with E-state index in [0.29, 0.717) is 0 Å². The first-order valence-corrected chi connectivity index (χ1v) is 4.25. The second-order valence-corrected chi connectivity index (χ2v) is 2.42. The summed E-state index contributed by atoms with van der Waals surface area (Å²) >= 11 is 3.31. The number of halogens is 2. The zero-order valence-corrected chi connectivity index (χ0v) is 8.91. The average molecular weight is 257 g/mol. The predicted molar refractivity (Wildman–Crippen MR) is 42.5 cm³/mol. The molecule has 0 fully saturated rings. The molecule has 0 aliphatic rings. The van der Waals surface area contributed by atoms with Crippen molar-refractivity contribution in [3.63, 3.8) is 0 Å². The summed E-state index contributed by atoms with van der Waals surface area (Å²) in [4.78, 5) is 0. The molecule has 0 aliphatic carbocycles. The van der Waals surface area contributed by atoms with Crippen LogP contribution in [-0.2, 0) is 0 Å². The van der Waals surface area contributed by atoms with Crippen molar-refractivity contribution in [3.05, 3.63) is 12.2 Å². The molecule has 0 heterocycles. The zero-order valence-electron chi connectivity index (χ0n) is 5.74. The van der Waals surface area contributed by atoms with Crippen molar-refractivity contribution in [1.82, 2.24) is 0 Å². The highest BCUT2D eigenvalue weighted by Gasteiger charge is 1.75. The van der Waals surface area contributed by atoms with E-state index in [1.807, 2.05) is 0 Å². The third-order valence-corrected chi connectivity index (χ3v) is 1.35. The van der Waals surface area contributed by atoms with Gasteiger partial charge in [0.25, 0.3) is 0 Å². The largest absolute Gasteiger partial charge is 1.00 e. The highest BCUT2D eigenvalue weighted by atomic mass is 79.9. The first kappa shape index (κ1) is 12.4. The maximum absolute atomic E-state index is 3.31. The lowest BCUT2D eigenvalue weighted by molar-refractivity contribution is -0.00000168. The van der Waals surface area contributed by atoms with E-state index in [1.54, 1.807) is 0 Å². The van der Waals surface area contributed by atoms with Crippen LogP contribution in [0.2, 0.25) is 0 Å². The highest BCUT2D eigenvalue weighted by Crippen LogP contribution is 1.94. The van der Waals surface area contributed by atoms with Gasteiger partial charge in [0.2, 0.25) is 0 Å². The first-order chi connectivity index (χ1) is 3.91. The number of unbranched alkanes of at least 4 members (excludes halogenated alkanes) is 2. The van der Waals surface area contributed by atoms with E-state index in [2.05, 4.69) is 35.0 Å². The standard InChI is InChI=1S/C7H13Br.BrH/c1-2-3-4-5-6-7-8;/h5-6H,2-4,7H2,1H3;1H/p-1/b6-5+;. The fraction of sp³-hybridized carbons (Fsp3) is 0.714. The van der Waals surface area contributed by atoms with Crippen LogP contribution in [0.15, 0.2) is 12.2 Å². The lowest BCUT2D eigenvalue weighted by Gasteiger charge is -1.85. The number of alkyl halides is 1. The van der Waals surface area contributed by atoms with Crippen LogP contribution >= 0.6 is 15.9 Å². The van der Waals surface area contributed by atoms with E-state index in [4.69, 9.17) is 0 Å². The molecule has 0 spiro atoms. The molecule has 2 heteroatoms. The zero-order chi connectivity index (χ0) is 6.24. The number of allylic oxidation sites excluding steroid dienone is 2. The van der Waals surface area contributed by atoms with Gasteiger partial charge in [0.15, 0.2) is 0 Å². The summed E-state index contributed by atoms with van der Waals surface area (Å²) in [7, 11) is 0. The Labute approximate surface area is 76.6 Å². The molecule has 0 atom stereocenters. The summed E-state index contributed by atoms with van der Waals surface area (Å²) in [6.45, 7) is 2.21. The van der Waals surface area contributed by atoms with Crippen LogP contribution in [0, 0.1) is 0 Å². The Kier molecular flexibility index (Phi) is 15.8. The molecule has 0 saturated carbocycles. The molecule has 0 nitrogen and oxygen atoms in total. The molecule has 0 saturated heterocycles. The molecule has 0 unspecified atom stereocenters. The molecule has 0 N–H and O–H groups in total. The van der Waals surface area contributed by atoms with Gasteiger partial charge in [-0.1, -0.05) is 47.8 Å². The Morgan fingerprint density at radius 2 is 2.00 bits per heavy atom. The van der Waals surface area contributed by atoms with Gasteiger partial charge < -0.3 is 17.0 Å². The normalized spacial score (nSPS) is 9.56. The predicted octanol–water partition coefficient (Wildman–Crippen LogP) is 0.132. The van der Waals surface area contributed by atoms with Gasteiger partial charge in [0.1, 0.15) is 0 Å². The summed E-state index contributed by atoms with van der Waals surface area (Å²) in [6, 6.07) is 0. The van der Waals surface area contributed by atoms with Gasteiger partial charge in [0, 0.05) is 5.33 Å². The summed E-state index contributed by atoms with van der Waals surface area (Å²) < 4.78 is 0. The third kappa shape index (κ3) is 12.0. The van der Waals surface area contributed by atoms with Crippen LogP contribution in [0.4, 0.5) is 0 Å². The summed E-state index contributed by atoms with van der Waals surface area (Å²) in [6.07, 6.45) is 8.23. The molecule has 0 aliphatic heterocycles. The second-order valence-electron chi connectivity index (χ2n) is 1.77. The van der Waals surface area contributed by atoms with E-state index in [0.717, 1.165) is 5.33 Å². The van der Waals surface area contributed by atoms with Gasteiger partial charge in [-0.05, 0) is 6.42 Å². The minimum Gasteiger partial charge on any atom is -1.00 e. The van der Waals surface area contributed by atoms with Gasteiger partial charge >= 0.3 is 0 Å². The van der Waals surface area contributed by atoms with Crippen molar-refractivity contribution in [2.24, 2.45) is 0 Å². The molecule has 0 aromatic rings.